The van der Waals surface area contributed by atoms with E-state index in [0.717, 1.165) is 36.6 Å². The minimum atomic E-state index is -0.529. The SMILES string of the molecule is CC(C)(C)OC(=O)N(CCCN=C(N)N1CCSCC1)Cc1cccnc1. The Labute approximate surface area is 166 Å². The Hall–Kier alpha value is -1.96. The molecule has 2 heterocycles. The van der Waals surface area contributed by atoms with Gasteiger partial charge in [-0.1, -0.05) is 6.07 Å². The average molecular weight is 394 g/mol. The number of nitrogens with two attached hydrogens (primary N) is 1. The van der Waals surface area contributed by atoms with Gasteiger partial charge in [0, 0.05) is 50.1 Å². The van der Waals surface area contributed by atoms with Crippen LogP contribution in [0.1, 0.15) is 32.8 Å². The number of guanidine groups is 1. The van der Waals surface area contributed by atoms with Crippen molar-refractivity contribution >= 4 is 23.8 Å². The van der Waals surface area contributed by atoms with E-state index in [1.54, 1.807) is 17.3 Å². The first-order valence-electron chi connectivity index (χ1n) is 9.34. The van der Waals surface area contributed by atoms with E-state index in [0.29, 0.717) is 25.6 Å². The molecule has 0 spiro atoms. The van der Waals surface area contributed by atoms with E-state index in [9.17, 15) is 4.79 Å². The molecule has 1 aliphatic rings. The molecule has 2 rings (SSSR count). The van der Waals surface area contributed by atoms with Crippen LogP contribution in [0, 0.1) is 0 Å². The molecule has 0 radical (unpaired) electrons. The third kappa shape index (κ3) is 8.07. The van der Waals surface area contributed by atoms with Crippen molar-refractivity contribution < 1.29 is 9.53 Å². The standard InChI is InChI=1S/C19H31N5O2S/c1-19(2,3)26-18(25)24(15-16-6-4-7-21-14-16)9-5-8-22-17(20)23-10-12-27-13-11-23/h4,6-7,14H,5,8-13,15H2,1-3H3,(H2,20,22). The van der Waals surface area contributed by atoms with Gasteiger partial charge in [-0.2, -0.15) is 11.8 Å². The van der Waals surface area contributed by atoms with Crippen molar-refractivity contribution in [1.29, 1.82) is 0 Å². The second kappa shape index (κ2) is 10.4. The lowest BCUT2D eigenvalue weighted by atomic mass is 10.2. The van der Waals surface area contributed by atoms with Gasteiger partial charge in [-0.3, -0.25) is 9.98 Å². The molecule has 150 valence electrons. The lowest BCUT2D eigenvalue weighted by molar-refractivity contribution is 0.0232. The predicted molar refractivity (Wildman–Crippen MR) is 111 cm³/mol. The van der Waals surface area contributed by atoms with E-state index < -0.39 is 5.60 Å². The van der Waals surface area contributed by atoms with Crippen molar-refractivity contribution in [2.45, 2.75) is 39.3 Å². The van der Waals surface area contributed by atoms with Crippen LogP contribution in [0.15, 0.2) is 29.5 Å². The Morgan fingerprint density at radius 3 is 2.78 bits per heavy atom. The number of carbonyl (C=O) groups excluding carboxylic acids is 1. The van der Waals surface area contributed by atoms with Gasteiger partial charge in [-0.15, -0.1) is 0 Å². The third-order valence-electron chi connectivity index (χ3n) is 3.94. The first-order chi connectivity index (χ1) is 12.8. The normalized spacial score (nSPS) is 15.5. The average Bonchev–Trinajstić information content (AvgIpc) is 2.64. The number of amides is 1. The molecule has 0 aromatic carbocycles. The topological polar surface area (TPSA) is 84.0 Å². The van der Waals surface area contributed by atoms with Gasteiger partial charge in [0.15, 0.2) is 5.96 Å². The minimum Gasteiger partial charge on any atom is -0.444 e. The highest BCUT2D eigenvalue weighted by atomic mass is 32.2. The number of nitrogens with zero attached hydrogens (tertiary/aromatic N) is 4. The Bertz CT molecular complexity index is 612. The second-order valence-electron chi connectivity index (χ2n) is 7.46. The molecular weight excluding hydrogens is 362 g/mol. The van der Waals surface area contributed by atoms with Crippen molar-refractivity contribution in [3.63, 3.8) is 0 Å². The van der Waals surface area contributed by atoms with E-state index >= 15 is 0 Å². The number of ether oxygens (including phenoxy) is 1. The zero-order valence-corrected chi connectivity index (χ0v) is 17.4. The summed E-state index contributed by atoms with van der Waals surface area (Å²) in [4.78, 5) is 25.0. The number of aromatic nitrogens is 1. The van der Waals surface area contributed by atoms with Crippen LogP contribution in [0.2, 0.25) is 0 Å². The molecule has 0 bridgehead atoms. The number of thioether (sulfide) groups is 1. The van der Waals surface area contributed by atoms with Crippen LogP contribution < -0.4 is 5.73 Å². The first-order valence-corrected chi connectivity index (χ1v) is 10.5. The van der Waals surface area contributed by atoms with Crippen molar-refractivity contribution in [3.8, 4) is 0 Å². The summed E-state index contributed by atoms with van der Waals surface area (Å²) in [5, 5.41) is 0. The van der Waals surface area contributed by atoms with Crippen LogP contribution in [0.25, 0.3) is 0 Å². The Morgan fingerprint density at radius 1 is 1.41 bits per heavy atom. The minimum absolute atomic E-state index is 0.323. The number of hydrogen-bond acceptors (Lipinski definition) is 5. The van der Waals surface area contributed by atoms with Gasteiger partial charge in [0.05, 0.1) is 6.54 Å². The number of carbonyl (C=O) groups is 1. The predicted octanol–water partition coefficient (Wildman–Crippen LogP) is 2.57. The summed E-state index contributed by atoms with van der Waals surface area (Å²) in [7, 11) is 0. The second-order valence-corrected chi connectivity index (χ2v) is 8.68. The van der Waals surface area contributed by atoms with E-state index in [1.165, 1.54) is 0 Å². The van der Waals surface area contributed by atoms with Gasteiger partial charge in [0.1, 0.15) is 5.60 Å². The lowest BCUT2D eigenvalue weighted by Crippen LogP contribution is -2.42. The maximum atomic E-state index is 12.6. The molecule has 1 aromatic heterocycles. The molecule has 1 amide bonds. The Balaban J connectivity index is 1.89. The number of aliphatic imine (C=N–C) groups is 1. The summed E-state index contributed by atoms with van der Waals surface area (Å²) in [6, 6.07) is 3.82. The molecular formula is C19H31N5O2S. The molecule has 0 aliphatic carbocycles. The molecule has 7 nitrogen and oxygen atoms in total. The van der Waals surface area contributed by atoms with Crippen molar-refractivity contribution in [2.75, 3.05) is 37.7 Å². The van der Waals surface area contributed by atoms with Gasteiger partial charge < -0.3 is 20.3 Å². The monoisotopic (exact) mass is 393 g/mol. The fourth-order valence-corrected chi connectivity index (χ4v) is 3.52. The summed E-state index contributed by atoms with van der Waals surface area (Å²) < 4.78 is 5.54. The largest absolute Gasteiger partial charge is 0.444 e. The molecule has 1 saturated heterocycles. The van der Waals surface area contributed by atoms with Crippen LogP contribution in [-0.2, 0) is 11.3 Å². The Morgan fingerprint density at radius 2 is 2.15 bits per heavy atom. The van der Waals surface area contributed by atoms with E-state index in [2.05, 4.69) is 14.9 Å². The summed E-state index contributed by atoms with van der Waals surface area (Å²) in [5.41, 5.74) is 6.53. The van der Waals surface area contributed by atoms with Gasteiger partial charge in [0.2, 0.25) is 0 Å². The number of hydrogen-bond donors (Lipinski definition) is 1. The maximum absolute atomic E-state index is 12.6. The van der Waals surface area contributed by atoms with E-state index in [4.69, 9.17) is 10.5 Å². The fourth-order valence-electron chi connectivity index (χ4n) is 2.62. The molecule has 0 saturated carbocycles. The third-order valence-corrected chi connectivity index (χ3v) is 4.89. The smallest absolute Gasteiger partial charge is 0.410 e. The van der Waals surface area contributed by atoms with Crippen LogP contribution >= 0.6 is 11.8 Å². The summed E-state index contributed by atoms with van der Waals surface area (Å²) in [5.74, 6) is 2.79. The van der Waals surface area contributed by atoms with Crippen LogP contribution in [-0.4, -0.2) is 70.1 Å². The molecule has 8 heteroatoms. The van der Waals surface area contributed by atoms with Crippen LogP contribution in [0.3, 0.4) is 0 Å². The van der Waals surface area contributed by atoms with Gasteiger partial charge in [0.25, 0.3) is 0 Å². The zero-order chi connectivity index (χ0) is 19.7. The van der Waals surface area contributed by atoms with Gasteiger partial charge in [-0.25, -0.2) is 4.79 Å². The van der Waals surface area contributed by atoms with Crippen molar-refractivity contribution in [3.05, 3.63) is 30.1 Å². The molecule has 1 fully saturated rings. The Kier molecular flexibility index (Phi) is 8.22. The van der Waals surface area contributed by atoms with Gasteiger partial charge in [-0.05, 0) is 38.8 Å². The summed E-state index contributed by atoms with van der Waals surface area (Å²) >= 11 is 1.94. The number of rotatable bonds is 6. The molecule has 0 atom stereocenters. The van der Waals surface area contributed by atoms with Gasteiger partial charge >= 0.3 is 6.09 Å². The summed E-state index contributed by atoms with van der Waals surface area (Å²) in [6.07, 6.45) is 3.89. The molecule has 27 heavy (non-hydrogen) atoms. The lowest BCUT2D eigenvalue weighted by Gasteiger charge is -2.28. The molecule has 0 unspecified atom stereocenters. The van der Waals surface area contributed by atoms with Crippen LogP contribution in [0.5, 0.6) is 0 Å². The maximum Gasteiger partial charge on any atom is 0.410 e. The zero-order valence-electron chi connectivity index (χ0n) is 16.6. The van der Waals surface area contributed by atoms with Crippen molar-refractivity contribution in [2.24, 2.45) is 10.7 Å². The van der Waals surface area contributed by atoms with E-state index in [-0.39, 0.29) is 6.09 Å². The molecule has 1 aliphatic heterocycles. The molecule has 1 aromatic rings. The van der Waals surface area contributed by atoms with Crippen molar-refractivity contribution in [1.82, 2.24) is 14.8 Å². The quantitative estimate of drug-likeness (QED) is 0.454. The highest BCUT2D eigenvalue weighted by Gasteiger charge is 2.22. The molecule has 2 N–H and O–H groups in total. The first kappa shape index (κ1) is 21.3. The highest BCUT2D eigenvalue weighted by molar-refractivity contribution is 7.99. The fraction of sp³-hybridized carbons (Fsp3) is 0.632. The van der Waals surface area contributed by atoms with Crippen LogP contribution in [0.4, 0.5) is 4.79 Å². The summed E-state index contributed by atoms with van der Waals surface area (Å²) in [6.45, 7) is 9.11. The van der Waals surface area contributed by atoms with E-state index in [1.807, 2.05) is 44.7 Å². The highest BCUT2D eigenvalue weighted by Crippen LogP contribution is 2.13. The number of pyridine rings is 1.